The van der Waals surface area contributed by atoms with E-state index in [1.165, 1.54) is 12.1 Å². The standard InChI is InChI=1S/C7H9N3O2S/c8-7(9)10-5-3-1-2-4-6(5)13(11)12/h1-4H,(H,11,12)(H4,8,9,10)/p-1. The van der Waals surface area contributed by atoms with Crippen molar-refractivity contribution in [1.82, 2.24) is 0 Å². The molecule has 0 spiro atoms. The van der Waals surface area contributed by atoms with Crippen molar-refractivity contribution in [2.45, 2.75) is 4.90 Å². The lowest BCUT2D eigenvalue weighted by Crippen LogP contribution is -2.22. The van der Waals surface area contributed by atoms with Gasteiger partial charge in [-0.3, -0.25) is 4.21 Å². The van der Waals surface area contributed by atoms with Gasteiger partial charge >= 0.3 is 0 Å². The second-order valence-corrected chi connectivity index (χ2v) is 3.15. The molecule has 1 aromatic carbocycles. The second-order valence-electron chi connectivity index (χ2n) is 2.24. The van der Waals surface area contributed by atoms with Crippen LogP contribution in [0.25, 0.3) is 0 Å². The molecular formula is C7H8N3O2S-. The summed E-state index contributed by atoms with van der Waals surface area (Å²) in [5.41, 5.74) is 10.5. The Morgan fingerprint density at radius 1 is 1.38 bits per heavy atom. The molecule has 0 saturated heterocycles. The molecule has 0 radical (unpaired) electrons. The number of benzene rings is 1. The zero-order valence-corrected chi connectivity index (χ0v) is 7.45. The van der Waals surface area contributed by atoms with Crippen molar-refractivity contribution in [3.8, 4) is 0 Å². The van der Waals surface area contributed by atoms with Crippen molar-refractivity contribution in [2.24, 2.45) is 16.5 Å². The van der Waals surface area contributed by atoms with Gasteiger partial charge in [0, 0.05) is 0 Å². The van der Waals surface area contributed by atoms with Crippen LogP contribution in [-0.4, -0.2) is 14.7 Å². The molecule has 0 aliphatic heterocycles. The van der Waals surface area contributed by atoms with Crippen LogP contribution in [0.15, 0.2) is 34.2 Å². The third kappa shape index (κ3) is 2.53. The summed E-state index contributed by atoms with van der Waals surface area (Å²) in [7, 11) is 0. The maximum absolute atomic E-state index is 10.7. The maximum atomic E-state index is 10.7. The van der Waals surface area contributed by atoms with E-state index in [4.69, 9.17) is 11.5 Å². The summed E-state index contributed by atoms with van der Waals surface area (Å²) in [5, 5.41) is 0. The van der Waals surface area contributed by atoms with Gasteiger partial charge in [0.15, 0.2) is 5.96 Å². The van der Waals surface area contributed by atoms with Gasteiger partial charge in [-0.1, -0.05) is 12.1 Å². The van der Waals surface area contributed by atoms with Crippen LogP contribution in [0.4, 0.5) is 5.69 Å². The van der Waals surface area contributed by atoms with E-state index in [0.29, 0.717) is 0 Å². The zero-order valence-electron chi connectivity index (χ0n) is 6.64. The number of nitrogens with zero attached hydrogens (tertiary/aromatic N) is 1. The van der Waals surface area contributed by atoms with Crippen molar-refractivity contribution in [1.29, 1.82) is 0 Å². The molecule has 0 aromatic heterocycles. The van der Waals surface area contributed by atoms with Crippen LogP contribution in [0.5, 0.6) is 0 Å². The molecule has 13 heavy (non-hydrogen) atoms. The van der Waals surface area contributed by atoms with Crippen LogP contribution in [0, 0.1) is 0 Å². The number of hydrogen-bond acceptors (Lipinski definition) is 3. The van der Waals surface area contributed by atoms with Crippen molar-refractivity contribution in [2.75, 3.05) is 0 Å². The Morgan fingerprint density at radius 3 is 2.54 bits per heavy atom. The molecule has 1 unspecified atom stereocenters. The molecule has 6 heteroatoms. The van der Waals surface area contributed by atoms with E-state index < -0.39 is 11.1 Å². The minimum atomic E-state index is -2.33. The molecule has 0 saturated carbocycles. The van der Waals surface area contributed by atoms with Gasteiger partial charge < -0.3 is 16.0 Å². The van der Waals surface area contributed by atoms with Crippen LogP contribution >= 0.6 is 0 Å². The van der Waals surface area contributed by atoms with E-state index in [0.717, 1.165) is 0 Å². The van der Waals surface area contributed by atoms with Crippen molar-refractivity contribution < 1.29 is 8.76 Å². The number of rotatable bonds is 2. The Hall–Kier alpha value is -1.40. The molecule has 0 heterocycles. The first-order valence-corrected chi connectivity index (χ1v) is 4.46. The molecule has 70 valence electrons. The first-order valence-electron chi connectivity index (χ1n) is 3.39. The summed E-state index contributed by atoms with van der Waals surface area (Å²) in [6.07, 6.45) is 0. The van der Waals surface area contributed by atoms with E-state index in [-0.39, 0.29) is 16.5 Å². The molecule has 1 atom stereocenters. The SMILES string of the molecule is NC(N)=Nc1ccccc1S(=O)[O-]. The molecule has 5 nitrogen and oxygen atoms in total. The summed E-state index contributed by atoms with van der Waals surface area (Å²) in [5.74, 6) is -0.169. The quantitative estimate of drug-likeness (QED) is 0.391. The first kappa shape index (κ1) is 9.69. The summed E-state index contributed by atoms with van der Waals surface area (Å²) < 4.78 is 21.3. The average molecular weight is 198 g/mol. The van der Waals surface area contributed by atoms with E-state index in [2.05, 4.69) is 4.99 Å². The second kappa shape index (κ2) is 4.01. The van der Waals surface area contributed by atoms with Gasteiger partial charge in [-0.15, -0.1) is 0 Å². The molecule has 0 fully saturated rings. The molecule has 1 rings (SSSR count). The Bertz CT molecular complexity index is 361. The fourth-order valence-electron chi connectivity index (χ4n) is 0.830. The zero-order chi connectivity index (χ0) is 9.84. The third-order valence-corrected chi connectivity index (χ3v) is 2.00. The predicted molar refractivity (Wildman–Crippen MR) is 49.1 cm³/mol. The van der Waals surface area contributed by atoms with E-state index in [1.807, 2.05) is 0 Å². The normalized spacial score (nSPS) is 12.1. The van der Waals surface area contributed by atoms with Gasteiger partial charge in [0.2, 0.25) is 0 Å². The highest BCUT2D eigenvalue weighted by molar-refractivity contribution is 7.79. The molecule has 1 aromatic rings. The summed E-state index contributed by atoms with van der Waals surface area (Å²) >= 11 is -2.33. The Kier molecular flexibility index (Phi) is 2.99. The lowest BCUT2D eigenvalue weighted by molar-refractivity contribution is 0.537. The van der Waals surface area contributed by atoms with Gasteiger partial charge in [0.05, 0.1) is 10.6 Å². The van der Waals surface area contributed by atoms with Crippen molar-refractivity contribution in [3.05, 3.63) is 24.3 Å². The average Bonchev–Trinajstić information content (AvgIpc) is 2.03. The lowest BCUT2D eigenvalue weighted by Gasteiger charge is -2.07. The van der Waals surface area contributed by atoms with Crippen LogP contribution < -0.4 is 11.5 Å². The summed E-state index contributed by atoms with van der Waals surface area (Å²) in [4.78, 5) is 3.74. The smallest absolute Gasteiger partial charge is 0.191 e. The molecule has 0 amide bonds. The van der Waals surface area contributed by atoms with Gasteiger partial charge in [-0.25, -0.2) is 4.99 Å². The van der Waals surface area contributed by atoms with Crippen LogP contribution in [0.1, 0.15) is 0 Å². The molecular weight excluding hydrogens is 190 g/mol. The summed E-state index contributed by atoms with van der Waals surface area (Å²) in [6, 6.07) is 6.19. The van der Waals surface area contributed by atoms with Crippen LogP contribution in [0.2, 0.25) is 0 Å². The van der Waals surface area contributed by atoms with E-state index >= 15 is 0 Å². The fraction of sp³-hybridized carbons (Fsp3) is 0. The minimum Gasteiger partial charge on any atom is -0.768 e. The molecule has 4 N–H and O–H groups in total. The highest BCUT2D eigenvalue weighted by Gasteiger charge is 1.99. The molecule has 0 bridgehead atoms. The van der Waals surface area contributed by atoms with Crippen molar-refractivity contribution >= 4 is 22.7 Å². The van der Waals surface area contributed by atoms with Crippen LogP contribution in [0.3, 0.4) is 0 Å². The van der Waals surface area contributed by atoms with Gasteiger partial charge in [-0.05, 0) is 23.2 Å². The highest BCUT2D eigenvalue weighted by Crippen LogP contribution is 2.20. The van der Waals surface area contributed by atoms with Gasteiger partial charge in [0.25, 0.3) is 0 Å². The van der Waals surface area contributed by atoms with Crippen LogP contribution in [-0.2, 0) is 11.1 Å². The highest BCUT2D eigenvalue weighted by atomic mass is 32.2. The number of para-hydroxylation sites is 1. The van der Waals surface area contributed by atoms with E-state index in [1.54, 1.807) is 12.1 Å². The summed E-state index contributed by atoms with van der Waals surface area (Å²) in [6.45, 7) is 0. The van der Waals surface area contributed by atoms with Crippen molar-refractivity contribution in [3.63, 3.8) is 0 Å². The maximum Gasteiger partial charge on any atom is 0.191 e. The Morgan fingerprint density at radius 2 is 2.00 bits per heavy atom. The lowest BCUT2D eigenvalue weighted by atomic mass is 10.3. The Labute approximate surface area is 77.7 Å². The topological polar surface area (TPSA) is 105 Å². The number of hydrogen-bond donors (Lipinski definition) is 2. The predicted octanol–water partition coefficient (Wildman–Crippen LogP) is -0.171. The number of nitrogens with two attached hydrogens (primary N) is 2. The van der Waals surface area contributed by atoms with Gasteiger partial charge in [0.1, 0.15) is 0 Å². The fourth-order valence-corrected chi connectivity index (χ4v) is 1.30. The minimum absolute atomic E-state index is 0.0795. The monoisotopic (exact) mass is 198 g/mol. The first-order chi connectivity index (χ1) is 6.11. The largest absolute Gasteiger partial charge is 0.768 e. The number of aliphatic imine (C=N–C) groups is 1. The molecule has 0 aliphatic rings. The Balaban J connectivity index is 3.20. The molecule has 0 aliphatic carbocycles. The van der Waals surface area contributed by atoms with Gasteiger partial charge in [-0.2, -0.15) is 0 Å². The third-order valence-electron chi connectivity index (χ3n) is 1.29. The van der Waals surface area contributed by atoms with E-state index in [9.17, 15) is 8.76 Å². The number of guanidine groups is 1.